The number of amides is 1. The zero-order valence-corrected chi connectivity index (χ0v) is 13.8. The monoisotopic (exact) mass is 349 g/mol. The van der Waals surface area contributed by atoms with Crippen molar-refractivity contribution in [2.24, 2.45) is 0 Å². The normalized spacial score (nSPS) is 12.2. The minimum absolute atomic E-state index is 0.0640. The smallest absolute Gasteiger partial charge is 0.349 e. The summed E-state index contributed by atoms with van der Waals surface area (Å²) in [6.45, 7) is 3.85. The van der Waals surface area contributed by atoms with Crippen LogP contribution in [0.1, 0.15) is 15.9 Å². The van der Waals surface area contributed by atoms with Gasteiger partial charge in [-0.05, 0) is 30.2 Å². The maximum absolute atomic E-state index is 12.5. The van der Waals surface area contributed by atoms with Gasteiger partial charge in [-0.25, -0.2) is 4.79 Å². The van der Waals surface area contributed by atoms with Gasteiger partial charge in [0.15, 0.2) is 11.5 Å². The number of carbonyl (C=O) groups excluding carboxylic acids is 1. The van der Waals surface area contributed by atoms with Crippen molar-refractivity contribution < 1.29 is 18.7 Å². The van der Waals surface area contributed by atoms with E-state index in [9.17, 15) is 9.59 Å². The minimum atomic E-state index is -0.688. The molecule has 0 atom stereocenters. The van der Waals surface area contributed by atoms with E-state index in [2.05, 4.69) is 11.9 Å². The van der Waals surface area contributed by atoms with Crippen molar-refractivity contribution in [1.29, 1.82) is 0 Å². The molecule has 0 spiro atoms. The average Bonchev–Trinajstić information content (AvgIpc) is 3.09. The average molecular weight is 349 g/mol. The van der Waals surface area contributed by atoms with Crippen molar-refractivity contribution in [2.45, 2.75) is 6.42 Å². The Labute approximate surface area is 148 Å². The quantitative estimate of drug-likeness (QED) is 0.576. The summed E-state index contributed by atoms with van der Waals surface area (Å²) in [5, 5.41) is 3.36. The Balaban J connectivity index is 1.67. The third-order valence-electron chi connectivity index (χ3n) is 4.08. The van der Waals surface area contributed by atoms with Crippen LogP contribution in [0.3, 0.4) is 0 Å². The van der Waals surface area contributed by atoms with Crippen LogP contribution in [-0.4, -0.2) is 12.7 Å². The molecule has 2 aromatic carbocycles. The van der Waals surface area contributed by atoms with Gasteiger partial charge in [0.2, 0.25) is 6.79 Å². The molecule has 1 amide bonds. The van der Waals surface area contributed by atoms with Gasteiger partial charge in [0.25, 0.3) is 5.91 Å². The molecule has 2 heterocycles. The van der Waals surface area contributed by atoms with Crippen LogP contribution in [0.25, 0.3) is 11.0 Å². The van der Waals surface area contributed by atoms with E-state index in [1.54, 1.807) is 30.3 Å². The standard InChI is InChI=1S/C20H15NO5/c1-2-4-12-5-3-6-13-9-15(20(23)26-18(12)13)19(22)21-14-7-8-16-17(10-14)25-11-24-16/h2-3,5-10H,1,4,11H2,(H,21,22). The molecule has 0 saturated heterocycles. The number of anilines is 1. The van der Waals surface area contributed by atoms with Crippen LogP contribution in [0.4, 0.5) is 5.69 Å². The predicted octanol–water partition coefficient (Wildman–Crippen LogP) is 3.50. The van der Waals surface area contributed by atoms with Crippen LogP contribution in [0.15, 0.2) is 64.3 Å². The molecule has 130 valence electrons. The van der Waals surface area contributed by atoms with E-state index < -0.39 is 11.5 Å². The lowest BCUT2D eigenvalue weighted by Gasteiger charge is -2.07. The summed E-state index contributed by atoms with van der Waals surface area (Å²) < 4.78 is 15.9. The van der Waals surface area contributed by atoms with Gasteiger partial charge < -0.3 is 19.2 Å². The molecule has 0 unspecified atom stereocenters. The topological polar surface area (TPSA) is 77.8 Å². The van der Waals surface area contributed by atoms with Crippen molar-refractivity contribution in [3.8, 4) is 11.5 Å². The van der Waals surface area contributed by atoms with Gasteiger partial charge in [-0.1, -0.05) is 24.3 Å². The molecule has 26 heavy (non-hydrogen) atoms. The number of para-hydroxylation sites is 1. The summed E-state index contributed by atoms with van der Waals surface area (Å²) in [6, 6.07) is 12.1. The molecule has 0 fully saturated rings. The predicted molar refractivity (Wildman–Crippen MR) is 96.9 cm³/mol. The van der Waals surface area contributed by atoms with Crippen LogP contribution in [-0.2, 0) is 6.42 Å². The first-order valence-corrected chi connectivity index (χ1v) is 8.03. The molecular weight excluding hydrogens is 334 g/mol. The van der Waals surface area contributed by atoms with Crippen LogP contribution in [0, 0.1) is 0 Å². The van der Waals surface area contributed by atoms with Gasteiger partial charge in [0.1, 0.15) is 11.1 Å². The molecular formula is C20H15NO5. The fourth-order valence-corrected chi connectivity index (χ4v) is 2.85. The summed E-state index contributed by atoms with van der Waals surface area (Å²) >= 11 is 0. The Morgan fingerprint density at radius 1 is 1.15 bits per heavy atom. The van der Waals surface area contributed by atoms with Gasteiger partial charge in [0.05, 0.1) is 0 Å². The lowest BCUT2D eigenvalue weighted by molar-refractivity contribution is 0.102. The maximum Gasteiger partial charge on any atom is 0.349 e. The molecule has 0 aliphatic carbocycles. The Kier molecular flexibility index (Phi) is 3.93. The van der Waals surface area contributed by atoms with Crippen LogP contribution < -0.4 is 20.4 Å². The lowest BCUT2D eigenvalue weighted by Crippen LogP contribution is -2.20. The highest BCUT2D eigenvalue weighted by Crippen LogP contribution is 2.34. The molecule has 6 nitrogen and oxygen atoms in total. The number of benzene rings is 2. The number of hydrogen-bond acceptors (Lipinski definition) is 5. The van der Waals surface area contributed by atoms with Crippen molar-refractivity contribution in [2.75, 3.05) is 12.1 Å². The summed E-state index contributed by atoms with van der Waals surface area (Å²) in [7, 11) is 0. The molecule has 6 heteroatoms. The van der Waals surface area contributed by atoms with Gasteiger partial charge in [0, 0.05) is 17.1 Å². The second-order valence-electron chi connectivity index (χ2n) is 5.80. The summed E-state index contributed by atoms with van der Waals surface area (Å²) in [5.74, 6) is 0.610. The lowest BCUT2D eigenvalue weighted by atomic mass is 10.1. The van der Waals surface area contributed by atoms with Crippen molar-refractivity contribution in [1.82, 2.24) is 0 Å². The van der Waals surface area contributed by atoms with E-state index in [1.165, 1.54) is 6.07 Å². The molecule has 0 saturated carbocycles. The Bertz CT molecular complexity index is 1080. The van der Waals surface area contributed by atoms with E-state index in [0.29, 0.717) is 34.6 Å². The number of hydrogen-bond donors (Lipinski definition) is 1. The summed E-state index contributed by atoms with van der Waals surface area (Å²) in [4.78, 5) is 24.8. The molecule has 1 aliphatic heterocycles. The van der Waals surface area contributed by atoms with E-state index in [1.807, 2.05) is 12.1 Å². The van der Waals surface area contributed by atoms with E-state index in [0.717, 1.165) is 5.56 Å². The Hall–Kier alpha value is -3.54. The van der Waals surface area contributed by atoms with Gasteiger partial charge in [-0.3, -0.25) is 4.79 Å². The zero-order chi connectivity index (χ0) is 18.1. The molecule has 1 aromatic heterocycles. The molecule has 1 aliphatic rings. The van der Waals surface area contributed by atoms with Gasteiger partial charge >= 0.3 is 5.63 Å². The number of ether oxygens (including phenoxy) is 2. The third kappa shape index (κ3) is 2.82. The first kappa shape index (κ1) is 16.0. The second-order valence-corrected chi connectivity index (χ2v) is 5.80. The highest BCUT2D eigenvalue weighted by atomic mass is 16.7. The number of rotatable bonds is 4. The molecule has 4 rings (SSSR count). The molecule has 3 aromatic rings. The summed E-state index contributed by atoms with van der Waals surface area (Å²) in [6.07, 6.45) is 2.30. The fraction of sp³-hybridized carbons (Fsp3) is 0.100. The number of allylic oxidation sites excluding steroid dienone is 1. The highest BCUT2D eigenvalue weighted by Gasteiger charge is 2.18. The van der Waals surface area contributed by atoms with Crippen molar-refractivity contribution in [3.05, 3.63) is 76.7 Å². The van der Waals surface area contributed by atoms with Crippen molar-refractivity contribution in [3.63, 3.8) is 0 Å². The third-order valence-corrected chi connectivity index (χ3v) is 4.08. The first-order chi connectivity index (χ1) is 12.7. The Morgan fingerprint density at radius 2 is 2.00 bits per heavy atom. The molecule has 0 radical (unpaired) electrons. The maximum atomic E-state index is 12.5. The summed E-state index contributed by atoms with van der Waals surface area (Å²) in [5.41, 5.74) is 1.06. The highest BCUT2D eigenvalue weighted by molar-refractivity contribution is 6.05. The van der Waals surface area contributed by atoms with Crippen LogP contribution in [0.2, 0.25) is 0 Å². The van der Waals surface area contributed by atoms with Crippen LogP contribution in [0.5, 0.6) is 11.5 Å². The van der Waals surface area contributed by atoms with E-state index in [4.69, 9.17) is 13.9 Å². The Morgan fingerprint density at radius 3 is 2.85 bits per heavy atom. The largest absolute Gasteiger partial charge is 0.454 e. The minimum Gasteiger partial charge on any atom is -0.454 e. The van der Waals surface area contributed by atoms with Crippen molar-refractivity contribution >= 4 is 22.6 Å². The van der Waals surface area contributed by atoms with Gasteiger partial charge in [-0.2, -0.15) is 0 Å². The number of carbonyl (C=O) groups is 1. The van der Waals surface area contributed by atoms with E-state index in [-0.39, 0.29) is 12.4 Å². The molecule has 1 N–H and O–H groups in total. The first-order valence-electron chi connectivity index (χ1n) is 8.03. The number of nitrogens with one attached hydrogen (secondary N) is 1. The van der Waals surface area contributed by atoms with Gasteiger partial charge in [-0.15, -0.1) is 6.58 Å². The zero-order valence-electron chi connectivity index (χ0n) is 13.8. The van der Waals surface area contributed by atoms with E-state index >= 15 is 0 Å². The number of fused-ring (bicyclic) bond motifs is 2. The molecule has 0 bridgehead atoms. The fourth-order valence-electron chi connectivity index (χ4n) is 2.85. The SMILES string of the molecule is C=CCc1cccc2cc(C(=O)Nc3ccc4c(c3)OCO4)c(=O)oc12. The van der Waals surface area contributed by atoms with Crippen LogP contribution >= 0.6 is 0 Å². The second kappa shape index (κ2) is 6.40.